The van der Waals surface area contributed by atoms with Crippen molar-refractivity contribution in [3.63, 3.8) is 0 Å². The number of hydrogen-bond acceptors (Lipinski definition) is 3. The molecule has 0 fully saturated rings. The Balaban J connectivity index is 2.49. The second kappa shape index (κ2) is 11.0. The zero-order valence-corrected chi connectivity index (χ0v) is 14.5. The quantitative estimate of drug-likeness (QED) is 0.588. The molecule has 1 heterocycles. The average molecular weight is 316 g/mol. The fraction of sp³-hybridized carbons (Fsp3) is 0.812. The van der Waals surface area contributed by atoms with Crippen LogP contribution in [0.25, 0.3) is 0 Å². The van der Waals surface area contributed by atoms with Crippen LogP contribution in [0.4, 0.5) is 0 Å². The minimum Gasteiger partial charge on any atom is -0.383 e. The van der Waals surface area contributed by atoms with Crippen LogP contribution in [0.2, 0.25) is 5.02 Å². The summed E-state index contributed by atoms with van der Waals surface area (Å²) in [6.07, 6.45) is 10.7. The number of unbranched alkanes of at least 4 members (excludes halogenated alkanes) is 5. The number of nitrogens with zero attached hydrogens (tertiary/aromatic N) is 2. The van der Waals surface area contributed by atoms with E-state index in [9.17, 15) is 0 Å². The van der Waals surface area contributed by atoms with Crippen LogP contribution >= 0.6 is 11.6 Å². The Morgan fingerprint density at radius 3 is 2.67 bits per heavy atom. The van der Waals surface area contributed by atoms with Crippen molar-refractivity contribution >= 4 is 11.6 Å². The van der Waals surface area contributed by atoms with Crippen LogP contribution in [0.5, 0.6) is 0 Å². The molecule has 1 unspecified atom stereocenters. The highest BCUT2D eigenvalue weighted by molar-refractivity contribution is 6.31. The molecule has 5 heteroatoms. The molecule has 0 bridgehead atoms. The van der Waals surface area contributed by atoms with Gasteiger partial charge in [-0.3, -0.25) is 4.68 Å². The van der Waals surface area contributed by atoms with E-state index in [1.165, 1.54) is 38.5 Å². The van der Waals surface area contributed by atoms with Gasteiger partial charge in [0, 0.05) is 7.11 Å². The molecule has 122 valence electrons. The first kappa shape index (κ1) is 18.5. The van der Waals surface area contributed by atoms with Crippen LogP contribution in [0.15, 0.2) is 6.20 Å². The molecular weight excluding hydrogens is 286 g/mol. The van der Waals surface area contributed by atoms with Crippen molar-refractivity contribution in [3.8, 4) is 0 Å². The molecule has 0 aliphatic heterocycles. The number of ether oxygens (including phenoxy) is 1. The topological polar surface area (TPSA) is 39.1 Å². The summed E-state index contributed by atoms with van der Waals surface area (Å²) in [6, 6.07) is 0.267. The SMILES string of the molecule is CCCCCCCCC(NC)c1c(Cl)cnn1CCOC. The van der Waals surface area contributed by atoms with Crippen LogP contribution < -0.4 is 5.32 Å². The lowest BCUT2D eigenvalue weighted by molar-refractivity contribution is 0.181. The van der Waals surface area contributed by atoms with Crippen molar-refractivity contribution < 1.29 is 4.74 Å². The molecule has 1 rings (SSSR count). The van der Waals surface area contributed by atoms with Gasteiger partial charge >= 0.3 is 0 Å². The van der Waals surface area contributed by atoms with Gasteiger partial charge in [0.25, 0.3) is 0 Å². The Morgan fingerprint density at radius 2 is 2.00 bits per heavy atom. The number of halogens is 1. The van der Waals surface area contributed by atoms with Crippen LogP contribution in [0.3, 0.4) is 0 Å². The molecule has 0 aromatic carbocycles. The Bertz CT molecular complexity index is 382. The minimum absolute atomic E-state index is 0.267. The summed E-state index contributed by atoms with van der Waals surface area (Å²) in [4.78, 5) is 0. The largest absolute Gasteiger partial charge is 0.383 e. The highest BCUT2D eigenvalue weighted by Crippen LogP contribution is 2.26. The van der Waals surface area contributed by atoms with Gasteiger partial charge in [-0.15, -0.1) is 0 Å². The predicted molar refractivity (Wildman–Crippen MR) is 88.9 cm³/mol. The Morgan fingerprint density at radius 1 is 1.29 bits per heavy atom. The van der Waals surface area contributed by atoms with Crippen molar-refractivity contribution in [1.29, 1.82) is 0 Å². The predicted octanol–water partition coefficient (Wildman–Crippen LogP) is 4.19. The standard InChI is InChI=1S/C16H30ClN3O/c1-4-5-6-7-8-9-10-15(18-2)16-14(17)13-19-20(16)11-12-21-3/h13,15,18H,4-12H2,1-3H3. The lowest BCUT2D eigenvalue weighted by atomic mass is 10.0. The molecule has 0 aliphatic carbocycles. The maximum Gasteiger partial charge on any atom is 0.0834 e. The average Bonchev–Trinajstić information content (AvgIpc) is 2.86. The highest BCUT2D eigenvalue weighted by Gasteiger charge is 2.18. The smallest absolute Gasteiger partial charge is 0.0834 e. The lowest BCUT2D eigenvalue weighted by Crippen LogP contribution is -2.22. The van der Waals surface area contributed by atoms with Crippen LogP contribution in [0, 0.1) is 0 Å². The van der Waals surface area contributed by atoms with E-state index in [1.54, 1.807) is 13.3 Å². The molecule has 0 saturated heterocycles. The van der Waals surface area contributed by atoms with Gasteiger partial charge in [0.15, 0.2) is 0 Å². The summed E-state index contributed by atoms with van der Waals surface area (Å²) >= 11 is 6.31. The van der Waals surface area contributed by atoms with E-state index in [-0.39, 0.29) is 6.04 Å². The Kier molecular flexibility index (Phi) is 9.72. The number of rotatable bonds is 12. The maximum atomic E-state index is 6.31. The number of methoxy groups -OCH3 is 1. The summed E-state index contributed by atoms with van der Waals surface area (Å²) in [5.74, 6) is 0. The number of hydrogen-bond donors (Lipinski definition) is 1. The van der Waals surface area contributed by atoms with Gasteiger partial charge in [-0.2, -0.15) is 5.10 Å². The molecule has 1 atom stereocenters. The Labute approximate surface area is 134 Å². The van der Waals surface area contributed by atoms with Crippen LogP contribution in [-0.4, -0.2) is 30.5 Å². The number of aromatic nitrogens is 2. The maximum absolute atomic E-state index is 6.31. The van der Waals surface area contributed by atoms with E-state index in [0.29, 0.717) is 6.61 Å². The van der Waals surface area contributed by atoms with E-state index < -0.39 is 0 Å². The summed E-state index contributed by atoms with van der Waals surface area (Å²) in [6.45, 7) is 3.64. The molecule has 1 aromatic rings. The molecule has 0 saturated carbocycles. The van der Waals surface area contributed by atoms with Gasteiger partial charge in [0.1, 0.15) is 0 Å². The number of nitrogens with one attached hydrogen (secondary N) is 1. The molecule has 1 N–H and O–H groups in total. The fourth-order valence-corrected chi connectivity index (χ4v) is 2.89. The molecule has 0 radical (unpaired) electrons. The van der Waals surface area contributed by atoms with Gasteiger partial charge in [-0.1, -0.05) is 57.0 Å². The third-order valence-corrected chi connectivity index (χ3v) is 4.16. The van der Waals surface area contributed by atoms with Crippen molar-refractivity contribution in [2.75, 3.05) is 20.8 Å². The third-order valence-electron chi connectivity index (χ3n) is 3.87. The van der Waals surface area contributed by atoms with Gasteiger partial charge in [-0.25, -0.2) is 0 Å². The third kappa shape index (κ3) is 6.37. The van der Waals surface area contributed by atoms with Crippen LogP contribution in [0.1, 0.15) is 63.6 Å². The normalized spacial score (nSPS) is 12.8. The zero-order valence-electron chi connectivity index (χ0n) is 13.7. The first-order valence-electron chi connectivity index (χ1n) is 8.12. The van der Waals surface area contributed by atoms with Crippen LogP contribution in [-0.2, 0) is 11.3 Å². The van der Waals surface area contributed by atoms with E-state index in [2.05, 4.69) is 17.3 Å². The monoisotopic (exact) mass is 315 g/mol. The second-order valence-electron chi connectivity index (χ2n) is 5.49. The van der Waals surface area contributed by atoms with E-state index in [1.807, 2.05) is 11.7 Å². The molecular formula is C16H30ClN3O. The molecule has 1 aromatic heterocycles. The first-order valence-corrected chi connectivity index (χ1v) is 8.49. The van der Waals surface area contributed by atoms with E-state index >= 15 is 0 Å². The van der Waals surface area contributed by atoms with Gasteiger partial charge in [-0.05, 0) is 13.5 Å². The zero-order chi connectivity index (χ0) is 15.5. The second-order valence-corrected chi connectivity index (χ2v) is 5.90. The summed E-state index contributed by atoms with van der Waals surface area (Å²) in [7, 11) is 3.70. The molecule has 0 spiro atoms. The van der Waals surface area contributed by atoms with Gasteiger partial charge < -0.3 is 10.1 Å². The van der Waals surface area contributed by atoms with Crippen molar-refractivity contribution in [2.45, 2.75) is 64.5 Å². The molecule has 4 nitrogen and oxygen atoms in total. The van der Waals surface area contributed by atoms with Crippen molar-refractivity contribution in [3.05, 3.63) is 16.9 Å². The van der Waals surface area contributed by atoms with Crippen molar-refractivity contribution in [1.82, 2.24) is 15.1 Å². The molecule has 0 amide bonds. The molecule has 21 heavy (non-hydrogen) atoms. The highest BCUT2D eigenvalue weighted by atomic mass is 35.5. The van der Waals surface area contributed by atoms with Crippen molar-refractivity contribution in [2.24, 2.45) is 0 Å². The fourth-order valence-electron chi connectivity index (χ4n) is 2.62. The first-order chi connectivity index (χ1) is 10.2. The van der Waals surface area contributed by atoms with Gasteiger partial charge in [0.05, 0.1) is 36.1 Å². The Hall–Kier alpha value is -0.580. The summed E-state index contributed by atoms with van der Waals surface area (Å²) in [5, 5.41) is 8.48. The van der Waals surface area contributed by atoms with Gasteiger partial charge in [0.2, 0.25) is 0 Å². The molecule has 0 aliphatic rings. The minimum atomic E-state index is 0.267. The van der Waals surface area contributed by atoms with E-state index in [0.717, 1.165) is 23.7 Å². The lowest BCUT2D eigenvalue weighted by Gasteiger charge is -2.18. The summed E-state index contributed by atoms with van der Waals surface area (Å²) < 4.78 is 7.10. The summed E-state index contributed by atoms with van der Waals surface area (Å²) in [5.41, 5.74) is 1.09. The van der Waals surface area contributed by atoms with E-state index in [4.69, 9.17) is 16.3 Å².